The second-order valence-corrected chi connectivity index (χ2v) is 5.02. The van der Waals surface area contributed by atoms with Gasteiger partial charge < -0.3 is 10.0 Å². The molecule has 0 heterocycles. The van der Waals surface area contributed by atoms with Gasteiger partial charge in [-0.15, -0.1) is 0 Å². The molecule has 0 aliphatic rings. The van der Waals surface area contributed by atoms with Crippen molar-refractivity contribution in [3.05, 3.63) is 33.4 Å². The summed E-state index contributed by atoms with van der Waals surface area (Å²) in [6.07, 6.45) is 0.575. The van der Waals surface area contributed by atoms with Gasteiger partial charge in [0.2, 0.25) is 6.41 Å². The third-order valence-corrected chi connectivity index (χ3v) is 3.58. The number of carboxylic acid groups (broad SMARTS) is 1. The van der Waals surface area contributed by atoms with Crippen LogP contribution in [0.2, 0.25) is 0 Å². The van der Waals surface area contributed by atoms with Crippen LogP contribution < -0.4 is 0 Å². The van der Waals surface area contributed by atoms with E-state index in [0.29, 0.717) is 18.5 Å². The SMILES string of the molecule is CCN(C=O)C(C)(C(=O)O)c1ccc(I)cc1. The smallest absolute Gasteiger partial charge is 0.334 e. The van der Waals surface area contributed by atoms with Crippen LogP contribution in [-0.4, -0.2) is 28.9 Å². The normalized spacial score (nSPS) is 13.8. The molecule has 1 N–H and O–H groups in total. The van der Waals surface area contributed by atoms with Crippen LogP contribution >= 0.6 is 22.6 Å². The molecule has 1 amide bonds. The molecule has 17 heavy (non-hydrogen) atoms. The largest absolute Gasteiger partial charge is 0.479 e. The Hall–Kier alpha value is -1.11. The van der Waals surface area contributed by atoms with Crippen molar-refractivity contribution in [1.29, 1.82) is 0 Å². The number of halogens is 1. The van der Waals surface area contributed by atoms with Crippen molar-refractivity contribution in [2.45, 2.75) is 19.4 Å². The van der Waals surface area contributed by atoms with Gasteiger partial charge in [-0.3, -0.25) is 4.79 Å². The lowest BCUT2D eigenvalue weighted by molar-refractivity contribution is -0.154. The lowest BCUT2D eigenvalue weighted by atomic mass is 9.90. The van der Waals surface area contributed by atoms with Crippen molar-refractivity contribution in [1.82, 2.24) is 4.90 Å². The highest BCUT2D eigenvalue weighted by Crippen LogP contribution is 2.28. The van der Waals surface area contributed by atoms with Gasteiger partial charge in [0.15, 0.2) is 5.54 Å². The monoisotopic (exact) mass is 347 g/mol. The Morgan fingerprint density at radius 2 is 2.00 bits per heavy atom. The van der Waals surface area contributed by atoms with Crippen LogP contribution in [0.25, 0.3) is 0 Å². The number of benzene rings is 1. The molecule has 1 unspecified atom stereocenters. The highest BCUT2D eigenvalue weighted by atomic mass is 127. The number of amides is 1. The van der Waals surface area contributed by atoms with Crippen molar-refractivity contribution in [3.63, 3.8) is 0 Å². The molecule has 0 bridgehead atoms. The summed E-state index contributed by atoms with van der Waals surface area (Å²) in [6, 6.07) is 7.13. The van der Waals surface area contributed by atoms with Gasteiger partial charge in [0.25, 0.3) is 0 Å². The fraction of sp³-hybridized carbons (Fsp3) is 0.333. The predicted molar refractivity (Wildman–Crippen MR) is 72.6 cm³/mol. The van der Waals surface area contributed by atoms with E-state index in [2.05, 4.69) is 22.6 Å². The van der Waals surface area contributed by atoms with Crippen molar-refractivity contribution >= 4 is 35.0 Å². The van der Waals surface area contributed by atoms with E-state index in [1.54, 1.807) is 19.1 Å². The summed E-state index contributed by atoms with van der Waals surface area (Å²) in [5.74, 6) is -1.03. The predicted octanol–water partition coefficient (Wildman–Crippen LogP) is 2.07. The molecule has 0 saturated heterocycles. The van der Waals surface area contributed by atoms with E-state index in [9.17, 15) is 14.7 Å². The van der Waals surface area contributed by atoms with Gasteiger partial charge in [-0.05, 0) is 54.1 Å². The van der Waals surface area contributed by atoms with Crippen molar-refractivity contribution in [2.75, 3.05) is 6.54 Å². The number of aliphatic carboxylic acids is 1. The lowest BCUT2D eigenvalue weighted by Gasteiger charge is -2.34. The Kier molecular flexibility index (Phi) is 4.50. The van der Waals surface area contributed by atoms with Gasteiger partial charge in [0.05, 0.1) is 0 Å². The first-order valence-electron chi connectivity index (χ1n) is 5.18. The summed E-state index contributed by atoms with van der Waals surface area (Å²) in [5.41, 5.74) is -0.722. The summed E-state index contributed by atoms with van der Waals surface area (Å²) >= 11 is 2.15. The van der Waals surface area contributed by atoms with Crippen LogP contribution in [0.1, 0.15) is 19.4 Å². The topological polar surface area (TPSA) is 57.6 Å². The Bertz CT molecular complexity index is 418. The van der Waals surface area contributed by atoms with Crippen LogP contribution in [-0.2, 0) is 15.1 Å². The molecule has 0 aliphatic carbocycles. The molecule has 0 fully saturated rings. The number of hydrogen-bond acceptors (Lipinski definition) is 2. The summed E-state index contributed by atoms with van der Waals surface area (Å²) in [4.78, 5) is 23.7. The fourth-order valence-corrected chi connectivity index (χ4v) is 2.04. The minimum Gasteiger partial charge on any atom is -0.479 e. The molecular weight excluding hydrogens is 333 g/mol. The summed E-state index contributed by atoms with van der Waals surface area (Å²) in [5, 5.41) is 9.39. The number of hydrogen-bond donors (Lipinski definition) is 1. The Morgan fingerprint density at radius 1 is 1.47 bits per heavy atom. The number of carbonyl (C=O) groups is 2. The maximum absolute atomic E-state index is 11.5. The molecule has 5 heteroatoms. The van der Waals surface area contributed by atoms with Gasteiger partial charge in [0.1, 0.15) is 0 Å². The minimum atomic E-state index is -1.32. The quantitative estimate of drug-likeness (QED) is 0.655. The van der Waals surface area contributed by atoms with Crippen LogP contribution in [0.5, 0.6) is 0 Å². The van der Waals surface area contributed by atoms with E-state index >= 15 is 0 Å². The molecule has 1 rings (SSSR count). The molecule has 0 spiro atoms. The van der Waals surface area contributed by atoms with Crippen LogP contribution in [0.4, 0.5) is 0 Å². The molecule has 1 atom stereocenters. The first-order valence-corrected chi connectivity index (χ1v) is 6.26. The molecule has 0 aromatic heterocycles. The second kappa shape index (κ2) is 5.48. The number of rotatable bonds is 5. The fourth-order valence-electron chi connectivity index (χ4n) is 1.68. The maximum Gasteiger partial charge on any atom is 0.334 e. The zero-order valence-electron chi connectivity index (χ0n) is 9.68. The average Bonchev–Trinajstić information content (AvgIpc) is 2.30. The molecular formula is C12H14INO3. The first kappa shape index (κ1) is 14.0. The molecule has 4 nitrogen and oxygen atoms in total. The molecule has 0 radical (unpaired) electrons. The van der Waals surface area contributed by atoms with Gasteiger partial charge in [0, 0.05) is 10.1 Å². The number of carboxylic acids is 1. The Morgan fingerprint density at radius 3 is 2.35 bits per heavy atom. The highest BCUT2D eigenvalue weighted by molar-refractivity contribution is 14.1. The van der Waals surface area contributed by atoms with Gasteiger partial charge in [-0.2, -0.15) is 0 Å². The summed E-state index contributed by atoms with van der Waals surface area (Å²) < 4.78 is 1.02. The third kappa shape index (κ3) is 2.59. The van der Waals surface area contributed by atoms with E-state index in [1.165, 1.54) is 11.8 Å². The van der Waals surface area contributed by atoms with Gasteiger partial charge >= 0.3 is 5.97 Å². The van der Waals surface area contributed by atoms with Crippen LogP contribution in [0.3, 0.4) is 0 Å². The number of nitrogens with zero attached hydrogens (tertiary/aromatic N) is 1. The lowest BCUT2D eigenvalue weighted by Crippen LogP contribution is -2.49. The van der Waals surface area contributed by atoms with E-state index in [0.717, 1.165) is 3.57 Å². The van der Waals surface area contributed by atoms with E-state index in [-0.39, 0.29) is 0 Å². The molecule has 1 aromatic rings. The van der Waals surface area contributed by atoms with Gasteiger partial charge in [-0.1, -0.05) is 12.1 Å². The molecule has 92 valence electrons. The zero-order chi connectivity index (χ0) is 13.1. The second-order valence-electron chi connectivity index (χ2n) is 3.78. The number of likely N-dealkylation sites (N-methyl/N-ethyl adjacent to an activating group) is 1. The summed E-state index contributed by atoms with van der Waals surface area (Å²) in [6.45, 7) is 3.63. The maximum atomic E-state index is 11.5. The molecule has 0 saturated carbocycles. The molecule has 0 aliphatic heterocycles. The zero-order valence-corrected chi connectivity index (χ0v) is 11.8. The average molecular weight is 347 g/mol. The summed E-state index contributed by atoms with van der Waals surface area (Å²) in [7, 11) is 0. The number of carbonyl (C=O) groups excluding carboxylic acids is 1. The van der Waals surface area contributed by atoms with Crippen molar-refractivity contribution < 1.29 is 14.7 Å². The van der Waals surface area contributed by atoms with E-state index < -0.39 is 11.5 Å². The van der Waals surface area contributed by atoms with Gasteiger partial charge in [-0.25, -0.2) is 4.79 Å². The van der Waals surface area contributed by atoms with Crippen LogP contribution in [0.15, 0.2) is 24.3 Å². The third-order valence-electron chi connectivity index (χ3n) is 2.87. The van der Waals surface area contributed by atoms with Crippen LogP contribution in [0, 0.1) is 3.57 Å². The minimum absolute atomic E-state index is 0.346. The Labute approximate surface area is 114 Å². The van der Waals surface area contributed by atoms with E-state index in [1.807, 2.05) is 12.1 Å². The van der Waals surface area contributed by atoms with Crippen molar-refractivity contribution in [2.24, 2.45) is 0 Å². The standard InChI is InChI=1S/C12H14INO3/c1-3-14(8-15)12(2,11(16)17)9-4-6-10(13)7-5-9/h4-8H,3H2,1-2H3,(H,16,17). The van der Waals surface area contributed by atoms with Crippen molar-refractivity contribution in [3.8, 4) is 0 Å². The Balaban J connectivity index is 3.29. The molecule has 1 aromatic carbocycles. The highest BCUT2D eigenvalue weighted by Gasteiger charge is 2.40. The van der Waals surface area contributed by atoms with E-state index in [4.69, 9.17) is 0 Å². The first-order chi connectivity index (χ1) is 7.96.